The van der Waals surface area contributed by atoms with Crippen LogP contribution in [-0.2, 0) is 17.5 Å². The largest absolute Gasteiger partial charge is 0.417 e. The molecule has 0 aliphatic heterocycles. The SMILES string of the molecule is Cc1cc(C(F)(F)F)c(C#N)c(SCC(=O)N(C)Cc2ccc(Cl)c(Cl)c2)n1. The molecular formula is C18H14Cl2F3N3OS. The van der Waals surface area contributed by atoms with Crippen LogP contribution in [0, 0.1) is 18.3 Å². The van der Waals surface area contributed by atoms with Gasteiger partial charge < -0.3 is 4.90 Å². The molecule has 1 heterocycles. The van der Waals surface area contributed by atoms with Crippen LogP contribution in [0.3, 0.4) is 0 Å². The highest BCUT2D eigenvalue weighted by Gasteiger charge is 2.35. The number of benzene rings is 1. The monoisotopic (exact) mass is 447 g/mol. The van der Waals surface area contributed by atoms with Crippen molar-refractivity contribution >= 4 is 40.9 Å². The molecule has 1 amide bonds. The number of halogens is 5. The Morgan fingerprint density at radius 1 is 1.29 bits per heavy atom. The number of carbonyl (C=O) groups excluding carboxylic acids is 1. The van der Waals surface area contributed by atoms with E-state index in [1.165, 1.54) is 11.8 Å². The van der Waals surface area contributed by atoms with Crippen LogP contribution in [0.2, 0.25) is 10.0 Å². The highest BCUT2D eigenvalue weighted by molar-refractivity contribution is 8.00. The topological polar surface area (TPSA) is 57.0 Å². The van der Waals surface area contributed by atoms with Gasteiger partial charge in [-0.05, 0) is 30.7 Å². The molecule has 0 aliphatic rings. The quantitative estimate of drug-likeness (QED) is 0.580. The Labute approximate surface area is 174 Å². The molecule has 4 nitrogen and oxygen atoms in total. The predicted molar refractivity (Wildman–Crippen MR) is 102 cm³/mol. The van der Waals surface area contributed by atoms with Crippen molar-refractivity contribution in [2.45, 2.75) is 24.7 Å². The van der Waals surface area contributed by atoms with Crippen molar-refractivity contribution in [3.63, 3.8) is 0 Å². The van der Waals surface area contributed by atoms with E-state index in [0.29, 0.717) is 10.0 Å². The Morgan fingerprint density at radius 3 is 2.54 bits per heavy atom. The predicted octanol–water partition coefficient (Wildman–Crippen LogP) is 5.34. The number of aryl methyl sites for hydroxylation is 1. The molecule has 1 aromatic carbocycles. The zero-order valence-electron chi connectivity index (χ0n) is 14.8. The lowest BCUT2D eigenvalue weighted by Crippen LogP contribution is -2.27. The molecule has 148 valence electrons. The standard InChI is InChI=1S/C18H14Cl2F3N3OS/c1-10-5-13(18(21,22)23)12(7-24)17(25-10)28-9-16(27)26(2)8-11-3-4-14(19)15(20)6-11/h3-6H,8-9H2,1-2H3. The van der Waals surface area contributed by atoms with E-state index in [4.69, 9.17) is 28.5 Å². The third kappa shape index (κ3) is 5.53. The van der Waals surface area contributed by atoms with Crippen LogP contribution in [0.25, 0.3) is 0 Å². The van der Waals surface area contributed by atoms with Gasteiger partial charge in [-0.3, -0.25) is 4.79 Å². The lowest BCUT2D eigenvalue weighted by Gasteiger charge is -2.18. The molecule has 0 N–H and O–H groups in total. The third-order valence-electron chi connectivity index (χ3n) is 3.69. The van der Waals surface area contributed by atoms with E-state index in [1.807, 2.05) is 0 Å². The first-order chi connectivity index (χ1) is 13.0. The zero-order chi connectivity index (χ0) is 21.1. The number of nitriles is 1. The van der Waals surface area contributed by atoms with E-state index in [9.17, 15) is 18.0 Å². The number of amides is 1. The van der Waals surface area contributed by atoms with Gasteiger partial charge in [-0.15, -0.1) is 0 Å². The Kier molecular flexibility index (Phi) is 7.21. The maximum Gasteiger partial charge on any atom is 0.417 e. The van der Waals surface area contributed by atoms with E-state index in [-0.39, 0.29) is 28.9 Å². The van der Waals surface area contributed by atoms with Crippen molar-refractivity contribution in [1.82, 2.24) is 9.88 Å². The van der Waals surface area contributed by atoms with Crippen LogP contribution in [0.15, 0.2) is 29.3 Å². The maximum absolute atomic E-state index is 13.1. The molecule has 0 saturated carbocycles. The van der Waals surface area contributed by atoms with Gasteiger partial charge in [0, 0.05) is 19.3 Å². The summed E-state index contributed by atoms with van der Waals surface area (Å²) in [4.78, 5) is 17.7. The summed E-state index contributed by atoms with van der Waals surface area (Å²) in [6, 6.07) is 7.33. The molecule has 0 saturated heterocycles. The normalized spacial score (nSPS) is 11.2. The lowest BCUT2D eigenvalue weighted by molar-refractivity contribution is -0.138. The summed E-state index contributed by atoms with van der Waals surface area (Å²) in [6.45, 7) is 1.65. The van der Waals surface area contributed by atoms with Gasteiger partial charge in [0.2, 0.25) is 5.91 Å². The molecule has 28 heavy (non-hydrogen) atoms. The van der Waals surface area contributed by atoms with Crippen molar-refractivity contribution in [3.8, 4) is 6.07 Å². The average molecular weight is 448 g/mol. The second-order valence-corrected chi connectivity index (χ2v) is 7.67. The van der Waals surface area contributed by atoms with E-state index in [1.54, 1.807) is 31.3 Å². The molecule has 0 aliphatic carbocycles. The minimum absolute atomic E-state index is 0.116. The number of carbonyl (C=O) groups is 1. The molecule has 10 heteroatoms. The van der Waals surface area contributed by atoms with Crippen molar-refractivity contribution in [2.24, 2.45) is 0 Å². The molecule has 1 aromatic heterocycles. The van der Waals surface area contributed by atoms with Crippen LogP contribution in [-0.4, -0.2) is 28.6 Å². The minimum Gasteiger partial charge on any atom is -0.341 e. The number of nitrogens with zero attached hydrogens (tertiary/aromatic N) is 3. The fourth-order valence-electron chi connectivity index (χ4n) is 2.32. The number of thioether (sulfide) groups is 1. The van der Waals surface area contributed by atoms with Gasteiger partial charge in [-0.1, -0.05) is 41.0 Å². The zero-order valence-corrected chi connectivity index (χ0v) is 17.1. The molecule has 2 rings (SSSR count). The molecule has 0 bridgehead atoms. The molecular weight excluding hydrogens is 434 g/mol. The first-order valence-corrected chi connectivity index (χ1v) is 9.56. The summed E-state index contributed by atoms with van der Waals surface area (Å²) >= 11 is 12.6. The number of alkyl halides is 3. The van der Waals surface area contributed by atoms with Crippen molar-refractivity contribution in [2.75, 3.05) is 12.8 Å². The summed E-state index contributed by atoms with van der Waals surface area (Å²) in [5.41, 5.74) is -0.768. The molecule has 0 atom stereocenters. The number of aromatic nitrogens is 1. The van der Waals surface area contributed by atoms with Crippen LogP contribution >= 0.6 is 35.0 Å². The Morgan fingerprint density at radius 2 is 1.96 bits per heavy atom. The summed E-state index contributed by atoms with van der Waals surface area (Å²) in [7, 11) is 1.56. The maximum atomic E-state index is 13.1. The Bertz CT molecular complexity index is 945. The fourth-order valence-corrected chi connectivity index (χ4v) is 3.63. The fraction of sp³-hybridized carbons (Fsp3) is 0.278. The van der Waals surface area contributed by atoms with Gasteiger partial charge in [0.15, 0.2) is 0 Å². The molecule has 2 aromatic rings. The Balaban J connectivity index is 2.12. The average Bonchev–Trinajstić information content (AvgIpc) is 2.61. The van der Waals surface area contributed by atoms with Gasteiger partial charge >= 0.3 is 6.18 Å². The summed E-state index contributed by atoms with van der Waals surface area (Å²) in [6.07, 6.45) is -4.68. The van der Waals surface area contributed by atoms with Crippen molar-refractivity contribution < 1.29 is 18.0 Å². The van der Waals surface area contributed by atoms with E-state index < -0.39 is 17.3 Å². The van der Waals surface area contributed by atoms with E-state index in [2.05, 4.69) is 4.98 Å². The first kappa shape index (κ1) is 22.3. The van der Waals surface area contributed by atoms with Crippen LogP contribution in [0.4, 0.5) is 13.2 Å². The summed E-state index contributed by atoms with van der Waals surface area (Å²) in [5.74, 6) is -0.503. The van der Waals surface area contributed by atoms with Crippen molar-refractivity contribution in [1.29, 1.82) is 5.26 Å². The third-order valence-corrected chi connectivity index (χ3v) is 5.39. The van der Waals surface area contributed by atoms with Gasteiger partial charge in [0.1, 0.15) is 11.1 Å². The van der Waals surface area contributed by atoms with Crippen LogP contribution < -0.4 is 0 Å². The van der Waals surface area contributed by atoms with Crippen LogP contribution in [0.5, 0.6) is 0 Å². The molecule has 0 radical (unpaired) electrons. The van der Waals surface area contributed by atoms with E-state index >= 15 is 0 Å². The van der Waals surface area contributed by atoms with Gasteiger partial charge in [0.25, 0.3) is 0 Å². The number of rotatable bonds is 5. The van der Waals surface area contributed by atoms with Gasteiger partial charge in [-0.25, -0.2) is 4.98 Å². The highest BCUT2D eigenvalue weighted by Crippen LogP contribution is 2.35. The van der Waals surface area contributed by atoms with E-state index in [0.717, 1.165) is 23.4 Å². The second kappa shape index (κ2) is 9.03. The lowest BCUT2D eigenvalue weighted by atomic mass is 10.1. The smallest absolute Gasteiger partial charge is 0.341 e. The molecule has 0 spiro atoms. The number of hydrogen-bond donors (Lipinski definition) is 0. The molecule has 0 unspecified atom stereocenters. The number of hydrogen-bond acceptors (Lipinski definition) is 4. The highest BCUT2D eigenvalue weighted by atomic mass is 35.5. The van der Waals surface area contributed by atoms with Gasteiger partial charge in [0.05, 0.1) is 26.9 Å². The van der Waals surface area contributed by atoms with Crippen molar-refractivity contribution in [3.05, 3.63) is 56.7 Å². The van der Waals surface area contributed by atoms with Gasteiger partial charge in [-0.2, -0.15) is 18.4 Å². The second-order valence-electron chi connectivity index (χ2n) is 5.89. The Hall–Kier alpha value is -1.95. The van der Waals surface area contributed by atoms with Crippen LogP contribution in [0.1, 0.15) is 22.4 Å². The first-order valence-electron chi connectivity index (χ1n) is 7.82. The summed E-state index contributed by atoms with van der Waals surface area (Å²) < 4.78 is 39.4. The molecule has 0 fully saturated rings. The number of pyridine rings is 1. The summed E-state index contributed by atoms with van der Waals surface area (Å²) in [5, 5.41) is 9.78. The minimum atomic E-state index is -4.68.